The van der Waals surface area contributed by atoms with Crippen molar-refractivity contribution in [3.05, 3.63) is 46.4 Å². The van der Waals surface area contributed by atoms with Gasteiger partial charge in [0.25, 0.3) is 0 Å². The first-order valence-electron chi connectivity index (χ1n) is 5.83. The number of ether oxygens (including phenoxy) is 1. The van der Waals surface area contributed by atoms with Crippen molar-refractivity contribution < 1.29 is 9.66 Å². The van der Waals surface area contributed by atoms with Gasteiger partial charge in [0.15, 0.2) is 0 Å². The van der Waals surface area contributed by atoms with E-state index in [2.05, 4.69) is 10.1 Å². The fourth-order valence-corrected chi connectivity index (χ4v) is 1.49. The summed E-state index contributed by atoms with van der Waals surface area (Å²) >= 11 is 0. The molecule has 0 aliphatic rings. The van der Waals surface area contributed by atoms with Crippen molar-refractivity contribution in [2.75, 3.05) is 0 Å². The lowest BCUT2D eigenvalue weighted by atomic mass is 10.3. The van der Waals surface area contributed by atoms with Crippen LogP contribution in [0.3, 0.4) is 0 Å². The van der Waals surface area contributed by atoms with E-state index in [9.17, 15) is 10.1 Å². The van der Waals surface area contributed by atoms with E-state index in [1.165, 1.54) is 10.9 Å². The van der Waals surface area contributed by atoms with Crippen molar-refractivity contribution in [3.63, 3.8) is 0 Å². The second kappa shape index (κ2) is 5.47. The molecule has 0 N–H and O–H groups in total. The van der Waals surface area contributed by atoms with Crippen LogP contribution >= 0.6 is 0 Å². The number of pyridine rings is 1. The quantitative estimate of drug-likeness (QED) is 0.610. The first-order valence-corrected chi connectivity index (χ1v) is 5.83. The van der Waals surface area contributed by atoms with Crippen LogP contribution in [0.4, 0.5) is 5.69 Å². The lowest BCUT2D eigenvalue weighted by Gasteiger charge is -2.03. The van der Waals surface area contributed by atoms with E-state index in [1.54, 1.807) is 18.5 Å². The van der Waals surface area contributed by atoms with Crippen LogP contribution in [0.25, 0.3) is 0 Å². The molecule has 0 aliphatic carbocycles. The van der Waals surface area contributed by atoms with Crippen LogP contribution in [0.1, 0.15) is 25.5 Å². The Kier molecular flexibility index (Phi) is 3.74. The Hall–Kier alpha value is -2.44. The van der Waals surface area contributed by atoms with E-state index in [0.29, 0.717) is 0 Å². The smallest absolute Gasteiger partial charge is 0.350 e. The second-order valence-electron chi connectivity index (χ2n) is 4.30. The summed E-state index contributed by atoms with van der Waals surface area (Å²) in [7, 11) is 0. The van der Waals surface area contributed by atoms with Crippen LogP contribution in [0.15, 0.2) is 30.7 Å². The van der Waals surface area contributed by atoms with Crippen molar-refractivity contribution >= 4 is 5.69 Å². The summed E-state index contributed by atoms with van der Waals surface area (Å²) in [5.74, 6) is 0.0301. The van der Waals surface area contributed by atoms with E-state index < -0.39 is 4.92 Å². The number of nitro groups is 1. The van der Waals surface area contributed by atoms with Crippen LogP contribution in [-0.4, -0.2) is 19.7 Å². The molecule has 0 spiro atoms. The molecule has 0 amide bonds. The Labute approximate surface area is 110 Å². The number of nitrogens with zero attached hydrogens (tertiary/aromatic N) is 4. The normalized spacial score (nSPS) is 10.7. The van der Waals surface area contributed by atoms with E-state index in [0.717, 1.165) is 5.56 Å². The molecule has 7 nitrogen and oxygen atoms in total. The van der Waals surface area contributed by atoms with Crippen LogP contribution in [0.5, 0.6) is 5.88 Å². The first-order chi connectivity index (χ1) is 9.08. The maximum atomic E-state index is 10.9. The summed E-state index contributed by atoms with van der Waals surface area (Å²) in [5, 5.41) is 15.0. The zero-order valence-corrected chi connectivity index (χ0v) is 10.7. The summed E-state index contributed by atoms with van der Waals surface area (Å²) in [6.07, 6.45) is 4.67. The molecular weight excluding hydrogens is 248 g/mol. The Morgan fingerprint density at radius 1 is 1.53 bits per heavy atom. The number of rotatable bonds is 5. The van der Waals surface area contributed by atoms with Gasteiger partial charge in [0.2, 0.25) is 0 Å². The third kappa shape index (κ3) is 3.06. The van der Waals surface area contributed by atoms with Gasteiger partial charge >= 0.3 is 11.6 Å². The molecule has 100 valence electrons. The van der Waals surface area contributed by atoms with Crippen LogP contribution in [-0.2, 0) is 6.61 Å². The standard InChI is InChI=1S/C12H14N4O3/c1-9(2)15-7-11(16(17)18)12(14-15)19-8-10-4-3-5-13-6-10/h3-7,9H,8H2,1-2H3. The van der Waals surface area contributed by atoms with Gasteiger partial charge in [-0.25, -0.2) is 0 Å². The summed E-state index contributed by atoms with van der Waals surface area (Å²) in [4.78, 5) is 14.4. The van der Waals surface area contributed by atoms with Crippen LogP contribution < -0.4 is 4.74 Å². The minimum Gasteiger partial charge on any atom is -0.467 e. The lowest BCUT2D eigenvalue weighted by Crippen LogP contribution is -2.02. The van der Waals surface area contributed by atoms with E-state index in [-0.39, 0.29) is 24.2 Å². The monoisotopic (exact) mass is 262 g/mol. The Morgan fingerprint density at radius 2 is 2.32 bits per heavy atom. The van der Waals surface area contributed by atoms with Crippen LogP contribution in [0.2, 0.25) is 0 Å². The number of aromatic nitrogens is 3. The number of hydrogen-bond donors (Lipinski definition) is 0. The predicted octanol–water partition coefficient (Wildman–Crippen LogP) is 2.35. The SMILES string of the molecule is CC(C)n1cc([N+](=O)[O-])c(OCc2cccnc2)n1. The van der Waals surface area contributed by atoms with E-state index in [4.69, 9.17) is 4.74 Å². The average Bonchev–Trinajstić information content (AvgIpc) is 2.82. The van der Waals surface area contributed by atoms with Gasteiger partial charge < -0.3 is 4.74 Å². The van der Waals surface area contributed by atoms with Gasteiger partial charge in [-0.15, -0.1) is 5.10 Å². The van der Waals surface area contributed by atoms with Crippen molar-refractivity contribution in [1.82, 2.24) is 14.8 Å². The lowest BCUT2D eigenvalue weighted by molar-refractivity contribution is -0.386. The first kappa shape index (κ1) is 13.0. The Bertz CT molecular complexity index is 566. The van der Waals surface area contributed by atoms with Gasteiger partial charge in [0.05, 0.1) is 4.92 Å². The van der Waals surface area contributed by atoms with Crippen molar-refractivity contribution in [3.8, 4) is 5.88 Å². The third-order valence-corrected chi connectivity index (χ3v) is 2.50. The van der Waals surface area contributed by atoms with Gasteiger partial charge in [0.1, 0.15) is 12.8 Å². The van der Waals surface area contributed by atoms with Gasteiger partial charge in [-0.05, 0) is 19.9 Å². The minimum atomic E-state index is -0.496. The summed E-state index contributed by atoms with van der Waals surface area (Å²) in [6.45, 7) is 3.98. The molecule has 2 aromatic rings. The molecule has 2 heterocycles. The van der Waals surface area contributed by atoms with E-state index in [1.807, 2.05) is 19.9 Å². The molecule has 0 fully saturated rings. The highest BCUT2D eigenvalue weighted by Gasteiger charge is 2.22. The fourth-order valence-electron chi connectivity index (χ4n) is 1.49. The molecule has 0 bridgehead atoms. The Balaban J connectivity index is 2.17. The molecule has 0 aromatic carbocycles. The molecule has 19 heavy (non-hydrogen) atoms. The molecule has 2 rings (SSSR count). The molecule has 0 saturated carbocycles. The van der Waals surface area contributed by atoms with Gasteiger partial charge in [-0.2, -0.15) is 0 Å². The zero-order chi connectivity index (χ0) is 13.8. The summed E-state index contributed by atoms with van der Waals surface area (Å²) in [5.41, 5.74) is 0.702. The molecule has 0 saturated heterocycles. The highest BCUT2D eigenvalue weighted by atomic mass is 16.6. The average molecular weight is 262 g/mol. The molecular formula is C12H14N4O3. The van der Waals surface area contributed by atoms with E-state index >= 15 is 0 Å². The number of hydrogen-bond acceptors (Lipinski definition) is 5. The van der Waals surface area contributed by atoms with Crippen molar-refractivity contribution in [2.45, 2.75) is 26.5 Å². The molecule has 2 aromatic heterocycles. The maximum Gasteiger partial charge on any atom is 0.350 e. The third-order valence-electron chi connectivity index (χ3n) is 2.50. The predicted molar refractivity (Wildman–Crippen MR) is 67.8 cm³/mol. The molecule has 0 unspecified atom stereocenters. The summed E-state index contributed by atoms with van der Waals surface area (Å²) < 4.78 is 6.91. The molecule has 0 radical (unpaired) electrons. The highest BCUT2D eigenvalue weighted by molar-refractivity contribution is 5.38. The molecule has 0 aliphatic heterocycles. The summed E-state index contributed by atoms with van der Waals surface area (Å²) in [6, 6.07) is 3.65. The van der Waals surface area contributed by atoms with Crippen molar-refractivity contribution in [2.24, 2.45) is 0 Å². The molecule has 0 atom stereocenters. The van der Waals surface area contributed by atoms with Gasteiger partial charge in [-0.3, -0.25) is 19.8 Å². The second-order valence-corrected chi connectivity index (χ2v) is 4.30. The maximum absolute atomic E-state index is 10.9. The topological polar surface area (TPSA) is 83.1 Å². The van der Waals surface area contributed by atoms with Crippen molar-refractivity contribution in [1.29, 1.82) is 0 Å². The Morgan fingerprint density at radius 3 is 2.89 bits per heavy atom. The zero-order valence-electron chi connectivity index (χ0n) is 10.7. The van der Waals surface area contributed by atoms with Gasteiger partial charge in [0, 0.05) is 24.0 Å². The minimum absolute atomic E-state index is 0.0301. The highest BCUT2D eigenvalue weighted by Crippen LogP contribution is 2.26. The van der Waals surface area contributed by atoms with Gasteiger partial charge in [-0.1, -0.05) is 6.07 Å². The largest absolute Gasteiger partial charge is 0.467 e. The van der Waals surface area contributed by atoms with Crippen LogP contribution in [0, 0.1) is 10.1 Å². The fraction of sp³-hybridized carbons (Fsp3) is 0.333. The molecule has 7 heteroatoms.